The monoisotopic (exact) mass is 372 g/mol. The molecule has 2 aromatic carbocycles. The number of para-hydroxylation sites is 1. The van der Waals surface area contributed by atoms with E-state index in [0.29, 0.717) is 5.92 Å². The number of hydrogen-bond donors (Lipinski definition) is 0. The molecule has 144 valence electrons. The van der Waals surface area contributed by atoms with E-state index in [9.17, 15) is 4.79 Å². The minimum atomic E-state index is 0.126. The zero-order chi connectivity index (χ0) is 19.5. The van der Waals surface area contributed by atoms with Crippen molar-refractivity contribution in [1.29, 1.82) is 0 Å². The summed E-state index contributed by atoms with van der Waals surface area (Å²) in [7, 11) is 2.03. The summed E-state index contributed by atoms with van der Waals surface area (Å²) in [6.45, 7) is 5.23. The molecule has 0 amide bonds. The van der Waals surface area contributed by atoms with Crippen molar-refractivity contribution in [3.63, 3.8) is 0 Å². The molecule has 0 radical (unpaired) electrons. The van der Waals surface area contributed by atoms with Crippen LogP contribution in [0.2, 0.25) is 0 Å². The summed E-state index contributed by atoms with van der Waals surface area (Å²) in [6.07, 6.45) is 6.19. The molecule has 0 N–H and O–H groups in total. The molecule has 3 nitrogen and oxygen atoms in total. The number of rotatable bonds is 5. The van der Waals surface area contributed by atoms with E-state index in [4.69, 9.17) is 0 Å². The largest absolute Gasteiger partial charge is 0.347 e. The van der Waals surface area contributed by atoms with Crippen molar-refractivity contribution >= 4 is 16.7 Å². The summed E-state index contributed by atoms with van der Waals surface area (Å²) >= 11 is 0. The van der Waals surface area contributed by atoms with Crippen molar-refractivity contribution in [2.45, 2.75) is 26.3 Å². The maximum absolute atomic E-state index is 12.9. The molecule has 0 bridgehead atoms. The molecule has 3 heteroatoms. The second kappa shape index (κ2) is 8.15. The molecule has 0 unspecified atom stereocenters. The van der Waals surface area contributed by atoms with E-state index in [-0.39, 0.29) is 5.78 Å². The molecule has 1 aliphatic rings. The van der Waals surface area contributed by atoms with Crippen LogP contribution >= 0.6 is 0 Å². The maximum atomic E-state index is 12.9. The first-order chi connectivity index (χ1) is 13.6. The molecule has 1 saturated heterocycles. The summed E-state index contributed by atoms with van der Waals surface area (Å²) in [6, 6.07) is 18.8. The molecule has 0 saturated carbocycles. The van der Waals surface area contributed by atoms with Crippen LogP contribution in [0.25, 0.3) is 10.9 Å². The van der Waals surface area contributed by atoms with Gasteiger partial charge in [-0.1, -0.05) is 54.6 Å². The topological polar surface area (TPSA) is 25.2 Å². The third-order valence-electron chi connectivity index (χ3n) is 6.05. The van der Waals surface area contributed by atoms with E-state index in [1.165, 1.54) is 5.56 Å². The normalized spacial score (nSPS) is 16.2. The first-order valence-corrected chi connectivity index (χ1v) is 10.2. The number of nitrogens with zero attached hydrogens (tertiary/aromatic N) is 2. The van der Waals surface area contributed by atoms with Crippen LogP contribution in [0.1, 0.15) is 34.5 Å². The van der Waals surface area contributed by atoms with Crippen molar-refractivity contribution in [3.05, 3.63) is 83.6 Å². The van der Waals surface area contributed by atoms with Crippen LogP contribution in [-0.2, 0) is 13.6 Å². The third-order valence-corrected chi connectivity index (χ3v) is 6.05. The Bertz CT molecular complexity index is 992. The average Bonchev–Trinajstić information content (AvgIpc) is 2.99. The second-order valence-corrected chi connectivity index (χ2v) is 7.86. The Balaban J connectivity index is 1.39. The number of benzene rings is 2. The quantitative estimate of drug-likeness (QED) is 0.458. The zero-order valence-electron chi connectivity index (χ0n) is 16.8. The minimum Gasteiger partial charge on any atom is -0.347 e. The van der Waals surface area contributed by atoms with Crippen molar-refractivity contribution < 1.29 is 4.79 Å². The van der Waals surface area contributed by atoms with E-state index in [2.05, 4.69) is 51.9 Å². The van der Waals surface area contributed by atoms with E-state index >= 15 is 0 Å². The Morgan fingerprint density at radius 1 is 1.04 bits per heavy atom. The Hall–Kier alpha value is -2.65. The predicted octanol–water partition coefficient (Wildman–Crippen LogP) is 5.14. The number of ketones is 1. The van der Waals surface area contributed by atoms with E-state index < -0.39 is 0 Å². The molecular formula is C25H28N2O. The van der Waals surface area contributed by atoms with Crippen LogP contribution in [0.4, 0.5) is 0 Å². The first kappa shape index (κ1) is 18.7. The van der Waals surface area contributed by atoms with Gasteiger partial charge in [-0.3, -0.25) is 9.69 Å². The number of likely N-dealkylation sites (tertiary alicyclic amines) is 1. The Labute approximate surface area is 167 Å². The van der Waals surface area contributed by atoms with Gasteiger partial charge < -0.3 is 4.57 Å². The number of allylic oxidation sites excluding steroid dienone is 2. The third kappa shape index (κ3) is 3.81. The van der Waals surface area contributed by atoms with Crippen LogP contribution in [0.3, 0.4) is 0 Å². The van der Waals surface area contributed by atoms with Gasteiger partial charge in [0.2, 0.25) is 0 Å². The molecule has 2 heterocycles. The van der Waals surface area contributed by atoms with Gasteiger partial charge in [0, 0.05) is 30.2 Å². The maximum Gasteiger partial charge on any atom is 0.187 e. The molecule has 0 spiro atoms. The molecule has 1 fully saturated rings. The van der Waals surface area contributed by atoms with Gasteiger partial charge in [-0.15, -0.1) is 0 Å². The minimum absolute atomic E-state index is 0.126. The van der Waals surface area contributed by atoms with Crippen LogP contribution < -0.4 is 0 Å². The lowest BCUT2D eigenvalue weighted by molar-refractivity contribution is 0.104. The molecule has 1 aromatic heterocycles. The number of piperidine rings is 1. The standard InChI is InChI=1S/C25H28N2O/c1-19-25(22-10-6-7-11-23(22)26(19)2)24(28)13-12-20-14-16-27(17-15-20)18-21-8-4-3-5-9-21/h3-13,20H,14-18H2,1-2H3/b13-12+. The summed E-state index contributed by atoms with van der Waals surface area (Å²) in [5, 5.41) is 1.05. The van der Waals surface area contributed by atoms with E-state index in [0.717, 1.165) is 54.6 Å². The number of carbonyl (C=O) groups is 1. The Morgan fingerprint density at radius 2 is 1.71 bits per heavy atom. The fourth-order valence-electron chi connectivity index (χ4n) is 4.28. The van der Waals surface area contributed by atoms with Gasteiger partial charge in [-0.2, -0.15) is 0 Å². The predicted molar refractivity (Wildman–Crippen MR) is 116 cm³/mol. The number of fused-ring (bicyclic) bond motifs is 1. The smallest absolute Gasteiger partial charge is 0.187 e. The van der Waals surface area contributed by atoms with Gasteiger partial charge in [-0.25, -0.2) is 0 Å². The Kier molecular flexibility index (Phi) is 5.45. The fourth-order valence-corrected chi connectivity index (χ4v) is 4.28. The molecule has 4 rings (SSSR count). The Morgan fingerprint density at radius 3 is 2.46 bits per heavy atom. The number of carbonyl (C=O) groups excluding carboxylic acids is 1. The molecule has 28 heavy (non-hydrogen) atoms. The lowest BCUT2D eigenvalue weighted by Crippen LogP contribution is -2.32. The van der Waals surface area contributed by atoms with Gasteiger partial charge in [0.05, 0.1) is 5.56 Å². The van der Waals surface area contributed by atoms with E-state index in [1.54, 1.807) is 0 Å². The first-order valence-electron chi connectivity index (χ1n) is 10.2. The zero-order valence-corrected chi connectivity index (χ0v) is 16.8. The molecule has 0 aliphatic carbocycles. The highest BCUT2D eigenvalue weighted by atomic mass is 16.1. The summed E-state index contributed by atoms with van der Waals surface area (Å²) in [4.78, 5) is 15.4. The average molecular weight is 373 g/mol. The van der Waals surface area contributed by atoms with Crippen molar-refractivity contribution in [2.75, 3.05) is 13.1 Å². The number of aromatic nitrogens is 1. The van der Waals surface area contributed by atoms with E-state index in [1.807, 2.05) is 38.2 Å². The summed E-state index contributed by atoms with van der Waals surface area (Å²) in [5.41, 5.74) is 4.37. The van der Waals surface area contributed by atoms with Gasteiger partial charge >= 0.3 is 0 Å². The summed E-state index contributed by atoms with van der Waals surface area (Å²) < 4.78 is 2.11. The fraction of sp³-hybridized carbons (Fsp3) is 0.320. The van der Waals surface area contributed by atoms with Crippen molar-refractivity contribution in [3.8, 4) is 0 Å². The van der Waals surface area contributed by atoms with Crippen molar-refractivity contribution in [1.82, 2.24) is 9.47 Å². The molecule has 3 aromatic rings. The highest BCUT2D eigenvalue weighted by Gasteiger charge is 2.19. The van der Waals surface area contributed by atoms with Crippen molar-refractivity contribution in [2.24, 2.45) is 13.0 Å². The highest BCUT2D eigenvalue weighted by Crippen LogP contribution is 2.26. The van der Waals surface area contributed by atoms with Crippen LogP contribution in [0.5, 0.6) is 0 Å². The van der Waals surface area contributed by atoms with Crippen LogP contribution in [-0.4, -0.2) is 28.3 Å². The molecule has 0 atom stereocenters. The lowest BCUT2D eigenvalue weighted by atomic mass is 9.95. The van der Waals surface area contributed by atoms with Gasteiger partial charge in [0.15, 0.2) is 5.78 Å². The second-order valence-electron chi connectivity index (χ2n) is 7.86. The SMILES string of the molecule is Cc1c(C(=O)/C=C/C2CCN(Cc3ccccc3)CC2)c2ccccc2n1C. The number of aryl methyl sites for hydroxylation is 1. The summed E-state index contributed by atoms with van der Waals surface area (Å²) in [5.74, 6) is 0.618. The highest BCUT2D eigenvalue weighted by molar-refractivity contribution is 6.14. The lowest BCUT2D eigenvalue weighted by Gasteiger charge is -2.30. The number of hydrogen-bond acceptors (Lipinski definition) is 2. The van der Waals surface area contributed by atoms with Gasteiger partial charge in [-0.05, 0) is 56.5 Å². The van der Waals surface area contributed by atoms with Crippen LogP contribution in [0, 0.1) is 12.8 Å². The van der Waals surface area contributed by atoms with Gasteiger partial charge in [0.1, 0.15) is 0 Å². The van der Waals surface area contributed by atoms with Gasteiger partial charge in [0.25, 0.3) is 0 Å². The molecule has 1 aliphatic heterocycles. The van der Waals surface area contributed by atoms with Crippen LogP contribution in [0.15, 0.2) is 66.7 Å². The molecular weight excluding hydrogens is 344 g/mol.